The Morgan fingerprint density at radius 1 is 1.50 bits per heavy atom. The van der Waals surface area contributed by atoms with E-state index in [0.29, 0.717) is 6.04 Å². The van der Waals surface area contributed by atoms with E-state index >= 15 is 0 Å². The standard InChI is InChI=1S/C13H20BrNS/c1-2-3-4-8-15-11-6-5-7-12-10(11)9-13(14)16-12/h9,11,15H,2-8H2,1H3. The molecule has 0 aromatic carbocycles. The van der Waals surface area contributed by atoms with Gasteiger partial charge in [0.15, 0.2) is 0 Å². The van der Waals surface area contributed by atoms with Gasteiger partial charge in [0.05, 0.1) is 3.79 Å². The first-order valence-electron chi connectivity index (χ1n) is 6.32. The van der Waals surface area contributed by atoms with Gasteiger partial charge in [-0.25, -0.2) is 0 Å². The Bertz CT molecular complexity index is 335. The summed E-state index contributed by atoms with van der Waals surface area (Å²) >= 11 is 5.52. The van der Waals surface area contributed by atoms with Crippen LogP contribution in [-0.2, 0) is 6.42 Å². The number of halogens is 1. The fourth-order valence-electron chi connectivity index (χ4n) is 2.38. The van der Waals surface area contributed by atoms with Gasteiger partial charge in [0, 0.05) is 10.9 Å². The van der Waals surface area contributed by atoms with Gasteiger partial charge in [-0.1, -0.05) is 19.8 Å². The lowest BCUT2D eigenvalue weighted by Gasteiger charge is -2.23. The summed E-state index contributed by atoms with van der Waals surface area (Å²) in [6, 6.07) is 2.93. The molecule has 1 heterocycles. The molecule has 2 rings (SSSR count). The van der Waals surface area contributed by atoms with E-state index in [1.807, 2.05) is 11.3 Å². The molecule has 0 saturated carbocycles. The Morgan fingerprint density at radius 2 is 2.38 bits per heavy atom. The molecule has 3 heteroatoms. The Morgan fingerprint density at radius 3 is 3.19 bits per heavy atom. The van der Waals surface area contributed by atoms with Crippen LogP contribution >= 0.6 is 27.3 Å². The number of rotatable bonds is 5. The van der Waals surface area contributed by atoms with Crippen molar-refractivity contribution < 1.29 is 0 Å². The van der Waals surface area contributed by atoms with Gasteiger partial charge in [-0.15, -0.1) is 11.3 Å². The fourth-order valence-corrected chi connectivity index (χ4v) is 4.20. The van der Waals surface area contributed by atoms with E-state index in [-0.39, 0.29) is 0 Å². The Balaban J connectivity index is 1.91. The van der Waals surface area contributed by atoms with Crippen LogP contribution < -0.4 is 5.32 Å². The van der Waals surface area contributed by atoms with E-state index in [1.165, 1.54) is 48.9 Å². The van der Waals surface area contributed by atoms with Gasteiger partial charge in [-0.3, -0.25) is 0 Å². The molecule has 0 radical (unpaired) electrons. The van der Waals surface area contributed by atoms with Crippen LogP contribution in [0.4, 0.5) is 0 Å². The van der Waals surface area contributed by atoms with Crippen LogP contribution in [0.2, 0.25) is 0 Å². The molecule has 1 unspecified atom stereocenters. The third-order valence-corrected chi connectivity index (χ3v) is 4.97. The maximum Gasteiger partial charge on any atom is 0.0704 e. The highest BCUT2D eigenvalue weighted by molar-refractivity contribution is 9.11. The summed E-state index contributed by atoms with van der Waals surface area (Å²) in [6.07, 6.45) is 7.89. The molecule has 0 aliphatic heterocycles. The molecular formula is C13H20BrNS. The van der Waals surface area contributed by atoms with E-state index in [0.717, 1.165) is 0 Å². The van der Waals surface area contributed by atoms with E-state index in [9.17, 15) is 0 Å². The summed E-state index contributed by atoms with van der Waals surface area (Å²) < 4.78 is 1.29. The van der Waals surface area contributed by atoms with E-state index in [4.69, 9.17) is 0 Å². The predicted molar refractivity (Wildman–Crippen MR) is 75.2 cm³/mol. The normalized spacial score (nSPS) is 19.8. The molecule has 90 valence electrons. The van der Waals surface area contributed by atoms with Crippen molar-refractivity contribution in [1.29, 1.82) is 0 Å². The van der Waals surface area contributed by atoms with Gasteiger partial charge >= 0.3 is 0 Å². The highest BCUT2D eigenvalue weighted by Gasteiger charge is 2.21. The summed E-state index contributed by atoms with van der Waals surface area (Å²) in [6.45, 7) is 3.43. The zero-order chi connectivity index (χ0) is 11.4. The third kappa shape index (κ3) is 3.08. The van der Waals surface area contributed by atoms with Crippen molar-refractivity contribution in [2.45, 2.75) is 51.5 Å². The number of aryl methyl sites for hydroxylation is 1. The molecule has 1 aromatic heterocycles. The van der Waals surface area contributed by atoms with Gasteiger partial charge < -0.3 is 5.32 Å². The maximum absolute atomic E-state index is 3.71. The molecule has 16 heavy (non-hydrogen) atoms. The first kappa shape index (κ1) is 12.6. The van der Waals surface area contributed by atoms with Gasteiger partial charge in [0.1, 0.15) is 0 Å². The van der Waals surface area contributed by atoms with Crippen LogP contribution in [-0.4, -0.2) is 6.54 Å². The van der Waals surface area contributed by atoms with Crippen molar-refractivity contribution in [3.05, 3.63) is 20.3 Å². The summed E-state index contributed by atoms with van der Waals surface area (Å²) in [4.78, 5) is 1.59. The van der Waals surface area contributed by atoms with E-state index in [2.05, 4.69) is 34.2 Å². The quantitative estimate of drug-likeness (QED) is 0.780. The minimum absolute atomic E-state index is 0.614. The molecule has 1 aliphatic rings. The van der Waals surface area contributed by atoms with Crippen molar-refractivity contribution in [3.8, 4) is 0 Å². The average molecular weight is 302 g/mol. The molecule has 1 aromatic rings. The van der Waals surface area contributed by atoms with Crippen molar-refractivity contribution in [2.75, 3.05) is 6.54 Å². The first-order chi connectivity index (χ1) is 7.81. The molecule has 0 amide bonds. The Hall–Kier alpha value is 0.140. The Labute approximate surface area is 111 Å². The largest absolute Gasteiger partial charge is 0.310 e. The molecule has 1 aliphatic carbocycles. The number of unbranched alkanes of at least 4 members (excludes halogenated alkanes) is 2. The number of hydrogen-bond donors (Lipinski definition) is 1. The van der Waals surface area contributed by atoms with Gasteiger partial charge in [-0.2, -0.15) is 0 Å². The zero-order valence-corrected chi connectivity index (χ0v) is 12.3. The highest BCUT2D eigenvalue weighted by Crippen LogP contribution is 2.37. The van der Waals surface area contributed by atoms with E-state index < -0.39 is 0 Å². The lowest BCUT2D eigenvalue weighted by Crippen LogP contribution is -2.25. The lowest BCUT2D eigenvalue weighted by molar-refractivity contribution is 0.455. The van der Waals surface area contributed by atoms with Crippen LogP contribution in [0.5, 0.6) is 0 Å². The topological polar surface area (TPSA) is 12.0 Å². The third-order valence-electron chi connectivity index (χ3n) is 3.25. The maximum atomic E-state index is 3.71. The molecule has 1 nitrogen and oxygen atoms in total. The molecule has 0 spiro atoms. The second-order valence-corrected chi connectivity index (χ2v) is 7.05. The number of thiophene rings is 1. The minimum atomic E-state index is 0.614. The SMILES string of the molecule is CCCCCNC1CCCc2sc(Br)cc21. The zero-order valence-electron chi connectivity index (χ0n) is 9.89. The van der Waals surface area contributed by atoms with Crippen LogP contribution in [0.1, 0.15) is 55.5 Å². The molecule has 0 saturated heterocycles. The smallest absolute Gasteiger partial charge is 0.0704 e. The second kappa shape index (κ2) is 6.18. The molecule has 1 atom stereocenters. The highest BCUT2D eigenvalue weighted by atomic mass is 79.9. The molecular weight excluding hydrogens is 282 g/mol. The van der Waals surface area contributed by atoms with Crippen LogP contribution in [0.25, 0.3) is 0 Å². The summed E-state index contributed by atoms with van der Waals surface area (Å²) in [5, 5.41) is 3.71. The number of hydrogen-bond acceptors (Lipinski definition) is 2. The van der Waals surface area contributed by atoms with Crippen molar-refractivity contribution >= 4 is 27.3 Å². The predicted octanol–water partition coefficient (Wildman–Crippen LogP) is 4.67. The van der Waals surface area contributed by atoms with Crippen LogP contribution in [0, 0.1) is 0 Å². The van der Waals surface area contributed by atoms with Gasteiger partial charge in [0.2, 0.25) is 0 Å². The van der Waals surface area contributed by atoms with Crippen molar-refractivity contribution in [3.63, 3.8) is 0 Å². The van der Waals surface area contributed by atoms with Crippen LogP contribution in [0.3, 0.4) is 0 Å². The monoisotopic (exact) mass is 301 g/mol. The average Bonchev–Trinajstić information content (AvgIpc) is 2.65. The molecule has 0 fully saturated rings. The summed E-state index contributed by atoms with van der Waals surface area (Å²) in [5.74, 6) is 0. The van der Waals surface area contributed by atoms with E-state index in [1.54, 1.807) is 10.4 Å². The first-order valence-corrected chi connectivity index (χ1v) is 7.93. The minimum Gasteiger partial charge on any atom is -0.310 e. The molecule has 1 N–H and O–H groups in total. The summed E-state index contributed by atoms with van der Waals surface area (Å²) in [7, 11) is 0. The second-order valence-electron chi connectivity index (χ2n) is 4.54. The summed E-state index contributed by atoms with van der Waals surface area (Å²) in [5.41, 5.74) is 1.56. The van der Waals surface area contributed by atoms with Gasteiger partial charge in [-0.05, 0) is 59.8 Å². The Kier molecular flexibility index (Phi) is 4.86. The lowest BCUT2D eigenvalue weighted by atomic mass is 9.94. The van der Waals surface area contributed by atoms with Crippen LogP contribution in [0.15, 0.2) is 9.85 Å². The van der Waals surface area contributed by atoms with Crippen molar-refractivity contribution in [1.82, 2.24) is 5.32 Å². The number of fused-ring (bicyclic) bond motifs is 1. The fraction of sp³-hybridized carbons (Fsp3) is 0.692. The number of nitrogens with one attached hydrogen (secondary N) is 1. The molecule has 0 bridgehead atoms. The van der Waals surface area contributed by atoms with Gasteiger partial charge in [0.25, 0.3) is 0 Å². The van der Waals surface area contributed by atoms with Crippen molar-refractivity contribution in [2.24, 2.45) is 0 Å².